The molecule has 1 heterocycles. The Bertz CT molecular complexity index is 339. The summed E-state index contributed by atoms with van der Waals surface area (Å²) in [6.45, 7) is 6.31. The number of aromatic nitrogens is 2. The summed E-state index contributed by atoms with van der Waals surface area (Å²) < 4.78 is 43.2. The Hall–Kier alpha value is -1.04. The van der Waals surface area contributed by atoms with E-state index in [-0.39, 0.29) is 5.60 Å². The Morgan fingerprint density at radius 1 is 1.31 bits per heavy atom. The second kappa shape index (κ2) is 4.45. The highest BCUT2D eigenvalue weighted by atomic mass is 19.4. The van der Waals surface area contributed by atoms with Crippen LogP contribution in [-0.4, -0.2) is 22.0 Å². The molecule has 1 aromatic heterocycles. The summed E-state index contributed by atoms with van der Waals surface area (Å²) in [5.41, 5.74) is -1.16. The molecular weight excluding hydrogens is 221 g/mol. The standard InChI is InChI=1S/C10H15F3N2O/c1-9(2,3)16-7-6-15-5-4-8(14-15)10(11,12)13/h4-5H,6-7H2,1-3H3. The molecule has 0 aromatic carbocycles. The zero-order valence-corrected chi connectivity index (χ0v) is 9.51. The minimum atomic E-state index is -4.38. The van der Waals surface area contributed by atoms with Crippen LogP contribution in [0.15, 0.2) is 12.3 Å². The first-order chi connectivity index (χ1) is 7.18. The van der Waals surface area contributed by atoms with Gasteiger partial charge in [0.25, 0.3) is 0 Å². The van der Waals surface area contributed by atoms with Crippen molar-refractivity contribution in [2.75, 3.05) is 6.61 Å². The molecule has 0 unspecified atom stereocenters. The molecular formula is C10H15F3N2O. The van der Waals surface area contributed by atoms with E-state index in [1.807, 2.05) is 20.8 Å². The fourth-order valence-electron chi connectivity index (χ4n) is 1.08. The number of ether oxygens (including phenoxy) is 1. The maximum atomic E-state index is 12.2. The smallest absolute Gasteiger partial charge is 0.374 e. The zero-order chi connectivity index (χ0) is 12.4. The molecule has 0 saturated heterocycles. The van der Waals surface area contributed by atoms with E-state index >= 15 is 0 Å². The normalized spacial score (nSPS) is 13.1. The number of hydrogen-bond acceptors (Lipinski definition) is 2. The topological polar surface area (TPSA) is 27.1 Å². The van der Waals surface area contributed by atoms with Crippen molar-refractivity contribution in [3.8, 4) is 0 Å². The number of hydrogen-bond donors (Lipinski definition) is 0. The van der Waals surface area contributed by atoms with Gasteiger partial charge in [-0.25, -0.2) is 0 Å². The van der Waals surface area contributed by atoms with E-state index in [0.717, 1.165) is 6.07 Å². The van der Waals surface area contributed by atoms with Gasteiger partial charge in [-0.2, -0.15) is 18.3 Å². The van der Waals surface area contributed by atoms with Gasteiger partial charge in [-0.1, -0.05) is 0 Å². The van der Waals surface area contributed by atoms with Crippen LogP contribution in [-0.2, 0) is 17.5 Å². The lowest BCUT2D eigenvalue weighted by molar-refractivity contribution is -0.141. The van der Waals surface area contributed by atoms with Crippen LogP contribution in [0.25, 0.3) is 0 Å². The van der Waals surface area contributed by atoms with Gasteiger partial charge in [-0.15, -0.1) is 0 Å². The number of rotatable bonds is 3. The van der Waals surface area contributed by atoms with Crippen LogP contribution in [0.5, 0.6) is 0 Å². The first kappa shape index (κ1) is 13.0. The van der Waals surface area contributed by atoms with Crippen LogP contribution in [0.3, 0.4) is 0 Å². The van der Waals surface area contributed by atoms with Crippen molar-refractivity contribution < 1.29 is 17.9 Å². The Morgan fingerprint density at radius 3 is 2.38 bits per heavy atom. The maximum Gasteiger partial charge on any atom is 0.435 e. The minimum Gasteiger partial charge on any atom is -0.374 e. The molecule has 92 valence electrons. The van der Waals surface area contributed by atoms with Crippen molar-refractivity contribution in [3.63, 3.8) is 0 Å². The van der Waals surface area contributed by atoms with Crippen LogP contribution in [0.1, 0.15) is 26.5 Å². The van der Waals surface area contributed by atoms with Crippen molar-refractivity contribution in [2.45, 2.75) is 39.1 Å². The average Bonchev–Trinajstić information content (AvgIpc) is 2.49. The maximum absolute atomic E-state index is 12.2. The first-order valence-electron chi connectivity index (χ1n) is 4.93. The molecule has 0 saturated carbocycles. The molecule has 1 aromatic rings. The largest absolute Gasteiger partial charge is 0.435 e. The average molecular weight is 236 g/mol. The molecule has 0 N–H and O–H groups in total. The molecule has 16 heavy (non-hydrogen) atoms. The van der Waals surface area contributed by atoms with E-state index in [4.69, 9.17) is 4.74 Å². The van der Waals surface area contributed by atoms with Gasteiger partial charge in [0.2, 0.25) is 0 Å². The highest BCUT2D eigenvalue weighted by Crippen LogP contribution is 2.27. The Kier molecular flexibility index (Phi) is 3.62. The number of halogens is 3. The summed E-state index contributed by atoms with van der Waals surface area (Å²) in [5, 5.41) is 3.41. The summed E-state index contributed by atoms with van der Waals surface area (Å²) in [4.78, 5) is 0. The Labute approximate surface area is 92.2 Å². The Balaban J connectivity index is 2.48. The molecule has 0 aliphatic carbocycles. The highest BCUT2D eigenvalue weighted by molar-refractivity contribution is 5.03. The molecule has 0 fully saturated rings. The summed E-state index contributed by atoms with van der Waals surface area (Å²) in [7, 11) is 0. The van der Waals surface area contributed by atoms with Crippen LogP contribution in [0, 0.1) is 0 Å². The van der Waals surface area contributed by atoms with E-state index in [1.54, 1.807) is 0 Å². The predicted molar refractivity (Wildman–Crippen MR) is 52.9 cm³/mol. The van der Waals surface area contributed by atoms with E-state index in [9.17, 15) is 13.2 Å². The third-order valence-corrected chi connectivity index (χ3v) is 1.79. The van der Waals surface area contributed by atoms with Crippen LogP contribution in [0.2, 0.25) is 0 Å². The number of alkyl halides is 3. The van der Waals surface area contributed by atoms with Crippen LogP contribution >= 0.6 is 0 Å². The second-order valence-electron chi connectivity index (χ2n) is 4.42. The van der Waals surface area contributed by atoms with Crippen molar-refractivity contribution in [1.82, 2.24) is 9.78 Å². The SMILES string of the molecule is CC(C)(C)OCCn1ccc(C(F)(F)F)n1. The lowest BCUT2D eigenvalue weighted by atomic mass is 10.2. The van der Waals surface area contributed by atoms with Gasteiger partial charge in [-0.05, 0) is 26.8 Å². The van der Waals surface area contributed by atoms with Crippen molar-refractivity contribution >= 4 is 0 Å². The van der Waals surface area contributed by atoms with Crippen molar-refractivity contribution in [3.05, 3.63) is 18.0 Å². The van der Waals surface area contributed by atoms with Gasteiger partial charge in [0, 0.05) is 6.20 Å². The minimum absolute atomic E-state index is 0.292. The van der Waals surface area contributed by atoms with Gasteiger partial charge in [0.1, 0.15) is 0 Å². The molecule has 0 radical (unpaired) electrons. The molecule has 1 rings (SSSR count). The molecule has 0 aliphatic rings. The molecule has 0 amide bonds. The van der Waals surface area contributed by atoms with E-state index in [1.165, 1.54) is 10.9 Å². The van der Waals surface area contributed by atoms with E-state index in [0.29, 0.717) is 13.2 Å². The fourth-order valence-corrected chi connectivity index (χ4v) is 1.08. The third kappa shape index (κ3) is 4.22. The lowest BCUT2D eigenvalue weighted by Crippen LogP contribution is -2.22. The van der Waals surface area contributed by atoms with Crippen LogP contribution < -0.4 is 0 Å². The zero-order valence-electron chi connectivity index (χ0n) is 9.51. The molecule has 0 atom stereocenters. The Morgan fingerprint density at radius 2 is 1.94 bits per heavy atom. The van der Waals surface area contributed by atoms with Gasteiger partial charge in [0.05, 0.1) is 18.8 Å². The summed E-state index contributed by atoms with van der Waals surface area (Å²) in [5.74, 6) is 0. The van der Waals surface area contributed by atoms with E-state index < -0.39 is 11.9 Å². The monoisotopic (exact) mass is 236 g/mol. The van der Waals surface area contributed by atoms with Gasteiger partial charge in [-0.3, -0.25) is 4.68 Å². The molecule has 0 aliphatic heterocycles. The highest BCUT2D eigenvalue weighted by Gasteiger charge is 2.33. The summed E-state index contributed by atoms with van der Waals surface area (Å²) in [6, 6.07) is 0.955. The van der Waals surface area contributed by atoms with Gasteiger partial charge >= 0.3 is 6.18 Å². The van der Waals surface area contributed by atoms with Crippen molar-refractivity contribution in [2.24, 2.45) is 0 Å². The second-order valence-corrected chi connectivity index (χ2v) is 4.42. The third-order valence-electron chi connectivity index (χ3n) is 1.79. The fraction of sp³-hybridized carbons (Fsp3) is 0.700. The first-order valence-corrected chi connectivity index (χ1v) is 4.93. The van der Waals surface area contributed by atoms with E-state index in [2.05, 4.69) is 5.10 Å². The lowest BCUT2D eigenvalue weighted by Gasteiger charge is -2.19. The summed E-state index contributed by atoms with van der Waals surface area (Å²) in [6.07, 6.45) is -3.08. The van der Waals surface area contributed by atoms with Gasteiger partial charge < -0.3 is 4.74 Å². The molecule has 0 bridgehead atoms. The number of nitrogens with zero attached hydrogens (tertiary/aromatic N) is 2. The quantitative estimate of drug-likeness (QED) is 0.806. The van der Waals surface area contributed by atoms with Crippen molar-refractivity contribution in [1.29, 1.82) is 0 Å². The molecule has 3 nitrogen and oxygen atoms in total. The molecule has 6 heteroatoms. The predicted octanol–water partition coefficient (Wildman–Crippen LogP) is 2.72. The van der Waals surface area contributed by atoms with Gasteiger partial charge in [0.15, 0.2) is 5.69 Å². The summed E-state index contributed by atoms with van der Waals surface area (Å²) >= 11 is 0. The molecule has 0 spiro atoms. The van der Waals surface area contributed by atoms with Crippen LogP contribution in [0.4, 0.5) is 13.2 Å².